The van der Waals surface area contributed by atoms with Crippen molar-refractivity contribution >= 4 is 34.4 Å². The van der Waals surface area contributed by atoms with Gasteiger partial charge in [0, 0.05) is 23.9 Å². The van der Waals surface area contributed by atoms with Crippen molar-refractivity contribution < 1.29 is 9.90 Å². The van der Waals surface area contributed by atoms with Gasteiger partial charge in [-0.1, -0.05) is 66.2 Å². The van der Waals surface area contributed by atoms with Gasteiger partial charge < -0.3 is 10.4 Å². The van der Waals surface area contributed by atoms with E-state index in [0.717, 1.165) is 53.5 Å². The van der Waals surface area contributed by atoms with Gasteiger partial charge in [0.15, 0.2) is 11.5 Å². The van der Waals surface area contributed by atoms with Crippen molar-refractivity contribution in [1.29, 1.82) is 0 Å². The molecule has 5 aromatic rings. The maximum Gasteiger partial charge on any atom is 0.308 e. The van der Waals surface area contributed by atoms with Gasteiger partial charge in [-0.15, -0.1) is 0 Å². The minimum Gasteiger partial charge on any atom is -0.481 e. The molecule has 2 bridgehead atoms. The number of carboxylic acid groups (broad SMARTS) is 1. The van der Waals surface area contributed by atoms with Crippen molar-refractivity contribution in [3.63, 3.8) is 0 Å². The monoisotopic (exact) mass is 550 g/mol. The number of aliphatic carboxylic acids is 1. The molecule has 2 aromatic carbocycles. The minimum atomic E-state index is -0.738. The number of nitrogens with zero attached hydrogens (tertiary/aromatic N) is 4. The summed E-state index contributed by atoms with van der Waals surface area (Å²) in [6.07, 6.45) is 5.57. The lowest BCUT2D eigenvalue weighted by molar-refractivity contribution is -0.148. The quantitative estimate of drug-likeness (QED) is 0.215. The van der Waals surface area contributed by atoms with Crippen molar-refractivity contribution in [3.8, 4) is 33.9 Å². The summed E-state index contributed by atoms with van der Waals surface area (Å²) >= 11 is 6.26. The summed E-state index contributed by atoms with van der Waals surface area (Å²) in [5, 5.41) is 22.2. The first-order chi connectivity index (χ1) is 19.5. The van der Waals surface area contributed by atoms with Crippen molar-refractivity contribution in [2.24, 2.45) is 17.8 Å². The van der Waals surface area contributed by atoms with E-state index < -0.39 is 11.9 Å². The van der Waals surface area contributed by atoms with Crippen LogP contribution in [0.2, 0.25) is 5.02 Å². The fourth-order valence-corrected chi connectivity index (χ4v) is 6.63. The number of pyridine rings is 1. The summed E-state index contributed by atoms with van der Waals surface area (Å²) in [6, 6.07) is 22.0. The van der Waals surface area contributed by atoms with E-state index in [2.05, 4.69) is 44.8 Å². The van der Waals surface area contributed by atoms with Crippen LogP contribution in [0.25, 0.3) is 44.9 Å². The Kier molecular flexibility index (Phi) is 6.20. The van der Waals surface area contributed by atoms with Crippen LogP contribution in [0.3, 0.4) is 0 Å². The van der Waals surface area contributed by atoms with Gasteiger partial charge in [-0.25, -0.2) is 15.0 Å². The lowest BCUT2D eigenvalue weighted by Gasteiger charge is -2.47. The van der Waals surface area contributed by atoms with Crippen LogP contribution in [0.4, 0.5) is 5.82 Å². The van der Waals surface area contributed by atoms with Crippen LogP contribution in [0, 0.1) is 17.8 Å². The first kappa shape index (κ1) is 24.7. The van der Waals surface area contributed by atoms with Crippen molar-refractivity contribution in [2.45, 2.75) is 31.7 Å². The molecule has 40 heavy (non-hydrogen) atoms. The molecule has 3 aliphatic rings. The van der Waals surface area contributed by atoms with E-state index in [-0.39, 0.29) is 12.0 Å². The molecule has 0 saturated heterocycles. The molecule has 8 nitrogen and oxygen atoms in total. The average Bonchev–Trinajstić information content (AvgIpc) is 3.41. The predicted octanol–water partition coefficient (Wildman–Crippen LogP) is 6.70. The molecule has 0 amide bonds. The number of hydrogen-bond donors (Lipinski definition) is 3. The molecule has 3 aromatic heterocycles. The van der Waals surface area contributed by atoms with Gasteiger partial charge in [0.05, 0.1) is 22.0 Å². The number of anilines is 1. The summed E-state index contributed by atoms with van der Waals surface area (Å²) < 4.78 is 0. The molecular formula is C31H27ClN6O2. The van der Waals surface area contributed by atoms with E-state index in [4.69, 9.17) is 21.6 Å². The van der Waals surface area contributed by atoms with Gasteiger partial charge >= 0.3 is 5.97 Å². The van der Waals surface area contributed by atoms with E-state index in [0.29, 0.717) is 33.9 Å². The van der Waals surface area contributed by atoms with Gasteiger partial charge in [0.1, 0.15) is 11.5 Å². The third kappa shape index (κ3) is 4.48. The zero-order valence-corrected chi connectivity index (χ0v) is 22.3. The zero-order chi connectivity index (χ0) is 27.2. The van der Waals surface area contributed by atoms with Crippen molar-refractivity contribution in [1.82, 2.24) is 25.1 Å². The number of carboxylic acids is 1. The predicted molar refractivity (Wildman–Crippen MR) is 155 cm³/mol. The number of nitrogens with one attached hydrogen (secondary N) is 2. The van der Waals surface area contributed by atoms with E-state index in [9.17, 15) is 9.90 Å². The summed E-state index contributed by atoms with van der Waals surface area (Å²) in [5.41, 5.74) is 5.02. The summed E-state index contributed by atoms with van der Waals surface area (Å²) in [7, 11) is 0. The van der Waals surface area contributed by atoms with Gasteiger partial charge in [-0.05, 0) is 54.7 Å². The molecule has 3 aliphatic carbocycles. The first-order valence-corrected chi connectivity index (χ1v) is 14.0. The molecule has 2 unspecified atom stereocenters. The lowest BCUT2D eigenvalue weighted by atomic mass is 9.61. The molecule has 0 radical (unpaired) electrons. The molecule has 0 aliphatic heterocycles. The van der Waals surface area contributed by atoms with E-state index >= 15 is 0 Å². The Balaban J connectivity index is 1.31. The number of benzene rings is 2. The Hall–Kier alpha value is -4.30. The van der Waals surface area contributed by atoms with Crippen LogP contribution in [0.5, 0.6) is 0 Å². The smallest absolute Gasteiger partial charge is 0.308 e. The zero-order valence-electron chi connectivity index (χ0n) is 21.6. The van der Waals surface area contributed by atoms with E-state index in [1.165, 1.54) is 0 Å². The number of H-pyrrole nitrogens is 1. The number of aromatic amines is 1. The molecule has 3 saturated carbocycles. The molecule has 3 N–H and O–H groups in total. The Morgan fingerprint density at radius 1 is 0.900 bits per heavy atom. The maximum absolute atomic E-state index is 12.3. The minimum absolute atomic E-state index is 0.185. The van der Waals surface area contributed by atoms with Crippen molar-refractivity contribution in [3.05, 3.63) is 77.9 Å². The number of carbonyl (C=O) groups is 1. The van der Waals surface area contributed by atoms with Gasteiger partial charge in [0.2, 0.25) is 0 Å². The average molecular weight is 551 g/mol. The van der Waals surface area contributed by atoms with Crippen molar-refractivity contribution in [2.75, 3.05) is 5.32 Å². The molecule has 8 rings (SSSR count). The Morgan fingerprint density at radius 3 is 2.35 bits per heavy atom. The molecule has 2 atom stereocenters. The number of fused-ring (bicyclic) bond motifs is 4. The second kappa shape index (κ2) is 10.0. The molecule has 3 fully saturated rings. The highest BCUT2D eigenvalue weighted by Crippen LogP contribution is 2.46. The summed E-state index contributed by atoms with van der Waals surface area (Å²) in [5.74, 6) is 0.346. The van der Waals surface area contributed by atoms with Crippen LogP contribution in [-0.4, -0.2) is 42.3 Å². The second-order valence-corrected chi connectivity index (χ2v) is 11.2. The Bertz CT molecular complexity index is 1700. The molecule has 3 heterocycles. The van der Waals surface area contributed by atoms with Crippen LogP contribution in [0.1, 0.15) is 25.7 Å². The second-order valence-electron chi connectivity index (χ2n) is 10.7. The molecule has 200 valence electrons. The Morgan fingerprint density at radius 2 is 1.60 bits per heavy atom. The van der Waals surface area contributed by atoms with Gasteiger partial charge in [-0.2, -0.15) is 5.10 Å². The highest BCUT2D eigenvalue weighted by molar-refractivity contribution is 6.31. The Labute approximate surface area is 235 Å². The lowest BCUT2D eigenvalue weighted by Crippen LogP contribution is -2.51. The third-order valence-electron chi connectivity index (χ3n) is 8.43. The fourth-order valence-electron chi connectivity index (χ4n) is 6.47. The molecule has 0 spiro atoms. The highest BCUT2D eigenvalue weighted by Gasteiger charge is 2.47. The van der Waals surface area contributed by atoms with Gasteiger partial charge in [0.25, 0.3) is 0 Å². The van der Waals surface area contributed by atoms with E-state index in [1.807, 2.05) is 36.4 Å². The largest absolute Gasteiger partial charge is 0.481 e. The third-order valence-corrected chi connectivity index (χ3v) is 8.64. The van der Waals surface area contributed by atoms with Crippen LogP contribution >= 0.6 is 11.6 Å². The maximum atomic E-state index is 12.3. The number of halogens is 1. The number of aromatic nitrogens is 5. The van der Waals surface area contributed by atoms with E-state index in [1.54, 1.807) is 12.3 Å². The normalized spacial score (nSPS) is 21.9. The van der Waals surface area contributed by atoms with Crippen LogP contribution in [-0.2, 0) is 4.79 Å². The highest BCUT2D eigenvalue weighted by atomic mass is 35.5. The molecule has 9 heteroatoms. The van der Waals surface area contributed by atoms with Crippen LogP contribution in [0.15, 0.2) is 72.9 Å². The molecular weight excluding hydrogens is 524 g/mol. The van der Waals surface area contributed by atoms with Crippen LogP contribution < -0.4 is 5.32 Å². The number of rotatable bonds is 6. The van der Waals surface area contributed by atoms with Gasteiger partial charge in [-0.3, -0.25) is 9.89 Å². The SMILES string of the molecule is O=C(O)C1C2CCC(CC2)C1Nc1cc(-c2ccc(-c3ccccc3)cc2)nc(-c2[nH]nc3ncc(Cl)cc23)n1. The summed E-state index contributed by atoms with van der Waals surface area (Å²) in [4.78, 5) is 26.4. The fraction of sp³-hybridized carbons (Fsp3) is 0.258. The first-order valence-electron chi connectivity index (χ1n) is 13.6. The summed E-state index contributed by atoms with van der Waals surface area (Å²) in [6.45, 7) is 0. The topological polar surface area (TPSA) is 117 Å². The standard InChI is InChI=1S/C31H27ClN6O2/c32-22-14-23-28(37-38-29(23)33-16-22)30-34-24(19-8-6-18(7-9-19)17-4-2-1-3-5-17)15-25(36-30)35-27-21-12-10-20(11-13-21)26(27)31(39)40/h1-9,14-16,20-21,26-27H,10-13H2,(H,39,40)(H,33,37,38)(H,34,35,36). The number of hydrogen-bond acceptors (Lipinski definition) is 6.